The summed E-state index contributed by atoms with van der Waals surface area (Å²) in [5, 5.41) is 3.28. The van der Waals surface area contributed by atoms with Crippen molar-refractivity contribution in [2.75, 3.05) is 6.54 Å². The molecule has 0 aliphatic rings. The van der Waals surface area contributed by atoms with Crippen molar-refractivity contribution in [2.45, 2.75) is 11.8 Å². The van der Waals surface area contributed by atoms with Gasteiger partial charge >= 0.3 is 10.1 Å². The summed E-state index contributed by atoms with van der Waals surface area (Å²) in [5.41, 5.74) is 2.42. The van der Waals surface area contributed by atoms with Gasteiger partial charge in [-0.3, -0.25) is 0 Å². The Morgan fingerprint density at radius 3 is 1.88 bits per heavy atom. The Bertz CT molecular complexity index is 908. The van der Waals surface area contributed by atoms with E-state index in [1.165, 1.54) is 0 Å². The zero-order valence-corrected chi connectivity index (χ0v) is 16.1. The molecule has 0 amide bonds. The molecule has 0 radical (unpaired) electrons. The summed E-state index contributed by atoms with van der Waals surface area (Å²) in [6, 6.07) is 27.3. The summed E-state index contributed by atoms with van der Waals surface area (Å²) in [4.78, 5) is 0.148. The average Bonchev–Trinajstić information content (AvgIpc) is 2.69. The van der Waals surface area contributed by atoms with Crippen molar-refractivity contribution in [3.05, 3.63) is 84.9 Å². The topological polar surface area (TPSA) is 55.4 Å². The molecule has 0 bridgehead atoms. The molecular formula is C20H20NO3PS. The summed E-state index contributed by atoms with van der Waals surface area (Å²) in [5.74, 6) is 0. The van der Waals surface area contributed by atoms with Gasteiger partial charge in [0.25, 0.3) is 0 Å². The smallest absolute Gasteiger partial charge is 0.192 e. The predicted octanol–water partition coefficient (Wildman–Crippen LogP) is 2.67. The molecule has 0 atom stereocenters. The van der Waals surface area contributed by atoms with E-state index in [9.17, 15) is 8.42 Å². The van der Waals surface area contributed by atoms with Crippen molar-refractivity contribution >= 4 is 34.0 Å². The van der Waals surface area contributed by atoms with Crippen LogP contribution < -0.4 is 21.4 Å². The second-order valence-corrected chi connectivity index (χ2v) is 9.31. The minimum Gasteiger partial charge on any atom is -0.192 e. The Morgan fingerprint density at radius 2 is 1.35 bits per heavy atom. The Labute approximate surface area is 155 Å². The van der Waals surface area contributed by atoms with Crippen molar-refractivity contribution in [3.63, 3.8) is 0 Å². The maximum atomic E-state index is 12.4. The van der Waals surface area contributed by atoms with E-state index in [4.69, 9.17) is 4.28 Å². The Morgan fingerprint density at radius 1 is 0.808 bits per heavy atom. The fourth-order valence-electron chi connectivity index (χ4n) is 2.56. The number of rotatable bonds is 7. The highest BCUT2D eigenvalue weighted by Gasteiger charge is 2.20. The fourth-order valence-corrected chi connectivity index (χ4v) is 5.88. The normalized spacial score (nSPS) is 11.6. The van der Waals surface area contributed by atoms with Crippen LogP contribution in [0.2, 0.25) is 0 Å². The van der Waals surface area contributed by atoms with Crippen LogP contribution in [0.25, 0.3) is 0 Å². The maximum Gasteiger partial charge on any atom is 0.312 e. The quantitative estimate of drug-likeness (QED) is 0.502. The van der Waals surface area contributed by atoms with Crippen LogP contribution in [-0.2, 0) is 14.4 Å². The van der Waals surface area contributed by atoms with E-state index in [-0.39, 0.29) is 4.90 Å². The van der Waals surface area contributed by atoms with Gasteiger partial charge < -0.3 is 0 Å². The highest BCUT2D eigenvalue weighted by atomic mass is 32.2. The first-order valence-corrected chi connectivity index (χ1v) is 11.0. The summed E-state index contributed by atoms with van der Waals surface area (Å²) < 4.78 is 29.6. The van der Waals surface area contributed by atoms with Gasteiger partial charge in [-0.15, -0.1) is 0 Å². The number of benzene rings is 3. The second-order valence-electron chi connectivity index (χ2n) is 5.54. The van der Waals surface area contributed by atoms with Crippen molar-refractivity contribution in [1.82, 2.24) is 5.48 Å². The van der Waals surface area contributed by atoms with E-state index in [2.05, 4.69) is 29.7 Å². The molecule has 0 aromatic heterocycles. The van der Waals surface area contributed by atoms with E-state index in [1.807, 2.05) is 42.5 Å². The molecule has 4 nitrogen and oxygen atoms in total. The van der Waals surface area contributed by atoms with Crippen LogP contribution in [0.1, 0.15) is 6.92 Å². The molecule has 3 rings (SSSR count). The van der Waals surface area contributed by atoms with Gasteiger partial charge in [0.2, 0.25) is 0 Å². The molecule has 0 saturated carbocycles. The lowest BCUT2D eigenvalue weighted by Crippen LogP contribution is -2.23. The zero-order chi connectivity index (χ0) is 18.4. The third-order valence-electron chi connectivity index (χ3n) is 3.71. The highest BCUT2D eigenvalue weighted by Crippen LogP contribution is 2.33. The first kappa shape index (κ1) is 18.7. The molecule has 0 aliphatic heterocycles. The highest BCUT2D eigenvalue weighted by molar-refractivity contribution is 7.86. The van der Waals surface area contributed by atoms with Crippen molar-refractivity contribution in [2.24, 2.45) is 0 Å². The molecule has 0 spiro atoms. The largest absolute Gasteiger partial charge is 0.312 e. The molecule has 1 N–H and O–H groups in total. The molecule has 0 fully saturated rings. The molecule has 3 aromatic rings. The van der Waals surface area contributed by atoms with Gasteiger partial charge in [0, 0.05) is 6.54 Å². The molecule has 0 heterocycles. The number of hydrogen-bond acceptors (Lipinski definition) is 4. The Kier molecular flexibility index (Phi) is 6.17. The fraction of sp³-hybridized carbons (Fsp3) is 0.100. The van der Waals surface area contributed by atoms with Gasteiger partial charge in [-0.25, -0.2) is 0 Å². The molecule has 134 valence electrons. The average molecular weight is 385 g/mol. The van der Waals surface area contributed by atoms with Crippen molar-refractivity contribution < 1.29 is 12.7 Å². The third-order valence-corrected chi connectivity index (χ3v) is 7.30. The SMILES string of the molecule is CCNOS(=O)(=O)c1cccc(P(c2ccccc2)c2ccccc2)c1. The summed E-state index contributed by atoms with van der Waals surface area (Å²) in [6.07, 6.45) is 0. The van der Waals surface area contributed by atoms with Crippen LogP contribution in [0.4, 0.5) is 0 Å². The van der Waals surface area contributed by atoms with Crippen LogP contribution in [-0.4, -0.2) is 15.0 Å². The molecule has 0 unspecified atom stereocenters. The van der Waals surface area contributed by atoms with Gasteiger partial charge in [-0.05, 0) is 36.0 Å². The minimum atomic E-state index is -3.84. The van der Waals surface area contributed by atoms with Crippen molar-refractivity contribution in [3.8, 4) is 0 Å². The van der Waals surface area contributed by atoms with Gasteiger partial charge in [0.1, 0.15) is 0 Å². The van der Waals surface area contributed by atoms with Gasteiger partial charge in [-0.1, -0.05) is 79.7 Å². The van der Waals surface area contributed by atoms with Gasteiger partial charge in [0.15, 0.2) is 0 Å². The summed E-state index contributed by atoms with van der Waals surface area (Å²) in [7, 11) is -4.71. The standard InChI is InChI=1S/C20H20NO3PS/c1-2-21-24-26(22,23)20-15-9-14-19(16-20)25(17-10-5-3-6-11-17)18-12-7-4-8-13-18/h3-16,21H,2H2,1H3. The molecular weight excluding hydrogens is 365 g/mol. The minimum absolute atomic E-state index is 0.148. The van der Waals surface area contributed by atoms with E-state index in [0.717, 1.165) is 15.9 Å². The molecule has 6 heteroatoms. The molecule has 0 saturated heterocycles. The van der Waals surface area contributed by atoms with E-state index < -0.39 is 18.0 Å². The Hall–Kier alpha value is -2.04. The lowest BCUT2D eigenvalue weighted by molar-refractivity contribution is 0.210. The van der Waals surface area contributed by atoms with Crippen LogP contribution in [0.5, 0.6) is 0 Å². The second kappa shape index (κ2) is 8.56. The van der Waals surface area contributed by atoms with Gasteiger partial charge in [0.05, 0.1) is 4.90 Å². The maximum absolute atomic E-state index is 12.4. The monoisotopic (exact) mass is 385 g/mol. The number of nitrogens with one attached hydrogen (secondary N) is 1. The summed E-state index contributed by atoms with van der Waals surface area (Å²) >= 11 is 0. The molecule has 26 heavy (non-hydrogen) atoms. The van der Waals surface area contributed by atoms with Crippen LogP contribution in [0.3, 0.4) is 0 Å². The zero-order valence-electron chi connectivity index (χ0n) is 14.4. The summed E-state index contributed by atoms with van der Waals surface area (Å²) in [6.45, 7) is 2.18. The predicted molar refractivity (Wildman–Crippen MR) is 107 cm³/mol. The van der Waals surface area contributed by atoms with Crippen LogP contribution >= 0.6 is 7.92 Å². The van der Waals surface area contributed by atoms with Crippen molar-refractivity contribution in [1.29, 1.82) is 0 Å². The third kappa shape index (κ3) is 4.37. The van der Waals surface area contributed by atoms with E-state index in [1.54, 1.807) is 25.1 Å². The number of hydroxylamine groups is 1. The Balaban J connectivity index is 2.07. The molecule has 0 aliphatic carbocycles. The van der Waals surface area contributed by atoms with E-state index in [0.29, 0.717) is 6.54 Å². The van der Waals surface area contributed by atoms with Crippen LogP contribution in [0.15, 0.2) is 89.8 Å². The van der Waals surface area contributed by atoms with Crippen LogP contribution in [0, 0.1) is 0 Å². The lowest BCUT2D eigenvalue weighted by atomic mass is 10.3. The van der Waals surface area contributed by atoms with Gasteiger partial charge in [-0.2, -0.15) is 18.2 Å². The molecule has 3 aromatic carbocycles. The first-order valence-electron chi connectivity index (χ1n) is 8.28. The first-order chi connectivity index (χ1) is 12.6. The van der Waals surface area contributed by atoms with E-state index >= 15 is 0 Å². The lowest BCUT2D eigenvalue weighted by Gasteiger charge is -2.19. The number of hydrogen-bond donors (Lipinski definition) is 1.